The molecule has 4 nitrogen and oxygen atoms in total. The van der Waals surface area contributed by atoms with Crippen LogP contribution >= 0.6 is 15.9 Å². The number of carbonyl (C=O) groups is 1. The van der Waals surface area contributed by atoms with Gasteiger partial charge in [-0.3, -0.25) is 4.79 Å². The van der Waals surface area contributed by atoms with Gasteiger partial charge in [0.05, 0.1) is 18.0 Å². The van der Waals surface area contributed by atoms with E-state index >= 15 is 0 Å². The van der Waals surface area contributed by atoms with Crippen LogP contribution in [0.3, 0.4) is 0 Å². The smallest absolute Gasteiger partial charge is 0.307 e. The molecule has 0 aliphatic heterocycles. The van der Waals surface area contributed by atoms with Gasteiger partial charge in [-0.2, -0.15) is 0 Å². The number of ether oxygens (including phenoxy) is 1. The lowest BCUT2D eigenvalue weighted by molar-refractivity contribution is -0.140. The van der Waals surface area contributed by atoms with Gasteiger partial charge in [0, 0.05) is 12.7 Å². The number of nitrogens with one attached hydrogen (secondary N) is 1. The molecule has 0 fully saturated rings. The zero-order valence-electron chi connectivity index (χ0n) is 8.71. The first-order valence-electron chi connectivity index (χ1n) is 4.56. The van der Waals surface area contributed by atoms with E-state index in [0.717, 1.165) is 15.9 Å². The lowest BCUT2D eigenvalue weighted by Crippen LogP contribution is -2.10. The lowest BCUT2D eigenvalue weighted by Gasteiger charge is -2.06. The fourth-order valence-electron chi connectivity index (χ4n) is 1.05. The molecular formula is C10H13BrN2O2. The number of aryl methyl sites for hydroxylation is 1. The Bertz CT molecular complexity index is 355. The number of carbonyl (C=O) groups excluding carboxylic acids is 1. The maximum Gasteiger partial charge on any atom is 0.307 e. The minimum Gasteiger partial charge on any atom is -0.469 e. The highest BCUT2D eigenvalue weighted by atomic mass is 79.9. The van der Waals surface area contributed by atoms with Crippen molar-refractivity contribution in [3.05, 3.63) is 22.3 Å². The van der Waals surface area contributed by atoms with Gasteiger partial charge in [-0.25, -0.2) is 4.98 Å². The Balaban J connectivity index is 2.47. The molecule has 0 amide bonds. The quantitative estimate of drug-likeness (QED) is 0.854. The highest BCUT2D eigenvalue weighted by Crippen LogP contribution is 2.20. The van der Waals surface area contributed by atoms with Crippen LogP contribution in [0, 0.1) is 6.92 Å². The summed E-state index contributed by atoms with van der Waals surface area (Å²) < 4.78 is 5.42. The zero-order chi connectivity index (χ0) is 11.3. The average molecular weight is 273 g/mol. The molecule has 82 valence electrons. The van der Waals surface area contributed by atoms with E-state index in [4.69, 9.17) is 0 Å². The predicted octanol–water partition coefficient (Wildman–Crippen LogP) is 2.13. The maximum absolute atomic E-state index is 10.8. The Morgan fingerprint density at radius 3 is 3.00 bits per heavy atom. The summed E-state index contributed by atoms with van der Waals surface area (Å²) in [5.41, 5.74) is 1.08. The molecule has 0 aliphatic carbocycles. The van der Waals surface area contributed by atoms with Gasteiger partial charge in [-0.05, 0) is 34.5 Å². The van der Waals surface area contributed by atoms with Gasteiger partial charge in [0.1, 0.15) is 5.82 Å². The van der Waals surface area contributed by atoms with Crippen LogP contribution in [0.15, 0.2) is 16.7 Å². The van der Waals surface area contributed by atoms with Crippen LogP contribution in [0.1, 0.15) is 12.0 Å². The van der Waals surface area contributed by atoms with Crippen LogP contribution in [-0.2, 0) is 9.53 Å². The number of rotatable bonds is 4. The molecule has 0 aliphatic rings. The van der Waals surface area contributed by atoms with Gasteiger partial charge in [0.25, 0.3) is 0 Å². The average Bonchev–Trinajstić information content (AvgIpc) is 2.21. The number of hydrogen-bond acceptors (Lipinski definition) is 4. The van der Waals surface area contributed by atoms with Gasteiger partial charge in [0.2, 0.25) is 0 Å². The van der Waals surface area contributed by atoms with Gasteiger partial charge >= 0.3 is 5.97 Å². The van der Waals surface area contributed by atoms with Gasteiger partial charge < -0.3 is 10.1 Å². The third kappa shape index (κ3) is 3.87. The second-order valence-electron chi connectivity index (χ2n) is 3.10. The fourth-order valence-corrected chi connectivity index (χ4v) is 1.65. The van der Waals surface area contributed by atoms with Crippen molar-refractivity contribution in [1.29, 1.82) is 0 Å². The zero-order valence-corrected chi connectivity index (χ0v) is 10.3. The van der Waals surface area contributed by atoms with Crippen molar-refractivity contribution in [2.75, 3.05) is 19.0 Å². The van der Waals surface area contributed by atoms with Crippen molar-refractivity contribution in [2.24, 2.45) is 0 Å². The van der Waals surface area contributed by atoms with Crippen molar-refractivity contribution in [1.82, 2.24) is 4.98 Å². The Labute approximate surface area is 97.2 Å². The largest absolute Gasteiger partial charge is 0.469 e. The summed E-state index contributed by atoms with van der Waals surface area (Å²) >= 11 is 3.39. The fraction of sp³-hybridized carbons (Fsp3) is 0.400. The third-order valence-electron chi connectivity index (χ3n) is 1.83. The minimum absolute atomic E-state index is 0.231. The second kappa shape index (κ2) is 5.70. The lowest BCUT2D eigenvalue weighted by atomic mass is 10.3. The summed E-state index contributed by atoms with van der Waals surface area (Å²) in [5, 5.41) is 3.05. The van der Waals surface area contributed by atoms with Crippen LogP contribution in [0.25, 0.3) is 0 Å². The van der Waals surface area contributed by atoms with Crippen molar-refractivity contribution < 1.29 is 9.53 Å². The van der Waals surface area contributed by atoms with Gasteiger partial charge in [-0.1, -0.05) is 0 Å². The van der Waals surface area contributed by atoms with E-state index in [1.807, 2.05) is 13.0 Å². The summed E-state index contributed by atoms with van der Waals surface area (Å²) in [6.45, 7) is 2.48. The van der Waals surface area contributed by atoms with E-state index in [1.54, 1.807) is 6.20 Å². The molecule has 0 spiro atoms. The van der Waals surface area contributed by atoms with Crippen LogP contribution in [0.4, 0.5) is 5.82 Å². The third-order valence-corrected chi connectivity index (χ3v) is 2.43. The molecular weight excluding hydrogens is 260 g/mol. The van der Waals surface area contributed by atoms with E-state index in [-0.39, 0.29) is 5.97 Å². The maximum atomic E-state index is 10.8. The Kier molecular flexibility index (Phi) is 4.55. The first-order chi connectivity index (χ1) is 7.13. The SMILES string of the molecule is COC(=O)CCNc1ncc(C)cc1Br. The number of anilines is 1. The summed E-state index contributed by atoms with van der Waals surface area (Å²) in [7, 11) is 1.38. The van der Waals surface area contributed by atoms with Crippen LogP contribution < -0.4 is 5.32 Å². The van der Waals surface area contributed by atoms with Gasteiger partial charge in [-0.15, -0.1) is 0 Å². The highest BCUT2D eigenvalue weighted by molar-refractivity contribution is 9.10. The van der Waals surface area contributed by atoms with Crippen molar-refractivity contribution >= 4 is 27.7 Å². The summed E-state index contributed by atoms with van der Waals surface area (Å²) in [5.74, 6) is 0.509. The first kappa shape index (κ1) is 12.0. The van der Waals surface area contributed by atoms with Gasteiger partial charge in [0.15, 0.2) is 0 Å². The first-order valence-corrected chi connectivity index (χ1v) is 5.35. The van der Waals surface area contributed by atoms with E-state index in [2.05, 4.69) is 31.0 Å². The van der Waals surface area contributed by atoms with Crippen LogP contribution in [0.2, 0.25) is 0 Å². The van der Waals surface area contributed by atoms with E-state index in [0.29, 0.717) is 13.0 Å². The molecule has 0 aromatic carbocycles. The number of halogens is 1. The van der Waals surface area contributed by atoms with Crippen LogP contribution in [0.5, 0.6) is 0 Å². The molecule has 0 unspecified atom stereocenters. The predicted molar refractivity (Wildman–Crippen MR) is 61.8 cm³/mol. The number of pyridine rings is 1. The summed E-state index contributed by atoms with van der Waals surface area (Å²) in [6.07, 6.45) is 2.10. The normalized spacial score (nSPS) is 9.80. The molecule has 1 heterocycles. The van der Waals surface area contributed by atoms with E-state index < -0.39 is 0 Å². The number of hydrogen-bond donors (Lipinski definition) is 1. The van der Waals surface area contributed by atoms with Crippen molar-refractivity contribution in [3.63, 3.8) is 0 Å². The molecule has 15 heavy (non-hydrogen) atoms. The highest BCUT2D eigenvalue weighted by Gasteiger charge is 2.03. The Hall–Kier alpha value is -1.10. The van der Waals surface area contributed by atoms with Crippen molar-refractivity contribution in [3.8, 4) is 0 Å². The number of nitrogens with zero attached hydrogens (tertiary/aromatic N) is 1. The standard InChI is InChI=1S/C10H13BrN2O2/c1-7-5-8(11)10(13-6-7)12-4-3-9(14)15-2/h5-6H,3-4H2,1-2H3,(H,12,13). The topological polar surface area (TPSA) is 51.2 Å². The Morgan fingerprint density at radius 2 is 2.40 bits per heavy atom. The number of methoxy groups -OCH3 is 1. The van der Waals surface area contributed by atoms with E-state index in [1.165, 1.54) is 7.11 Å². The molecule has 0 saturated carbocycles. The molecule has 1 aromatic heterocycles. The molecule has 0 atom stereocenters. The number of esters is 1. The number of aromatic nitrogens is 1. The van der Waals surface area contributed by atoms with E-state index in [9.17, 15) is 4.79 Å². The summed E-state index contributed by atoms with van der Waals surface area (Å²) in [4.78, 5) is 15.0. The monoisotopic (exact) mass is 272 g/mol. The molecule has 1 rings (SSSR count). The molecule has 0 bridgehead atoms. The molecule has 1 aromatic rings. The van der Waals surface area contributed by atoms with Crippen LogP contribution in [-0.4, -0.2) is 24.6 Å². The molecule has 0 radical (unpaired) electrons. The van der Waals surface area contributed by atoms with Crippen molar-refractivity contribution in [2.45, 2.75) is 13.3 Å². The summed E-state index contributed by atoms with van der Waals surface area (Å²) in [6, 6.07) is 1.97. The molecule has 0 saturated heterocycles. The minimum atomic E-state index is -0.231. The Morgan fingerprint density at radius 1 is 1.67 bits per heavy atom. The molecule has 1 N–H and O–H groups in total. The molecule has 5 heteroatoms. The second-order valence-corrected chi connectivity index (χ2v) is 3.95.